The van der Waals surface area contributed by atoms with Crippen molar-refractivity contribution in [2.75, 3.05) is 31.1 Å². The number of fused-ring (bicyclic) bond motifs is 1. The smallest absolute Gasteiger partial charge is 0.247 e. The molecule has 0 bridgehead atoms. The molecule has 2 aliphatic heterocycles. The Labute approximate surface area is 199 Å². The topological polar surface area (TPSA) is 60.9 Å². The van der Waals surface area contributed by atoms with E-state index in [4.69, 9.17) is 0 Å². The van der Waals surface area contributed by atoms with Crippen molar-refractivity contribution >= 4 is 21.6 Å². The molecule has 0 saturated carbocycles. The largest absolute Gasteiger partial charge is 0.368 e. The first-order valence-corrected chi connectivity index (χ1v) is 12.8. The van der Waals surface area contributed by atoms with Gasteiger partial charge >= 0.3 is 0 Å². The second kappa shape index (κ2) is 9.19. The molecule has 8 heteroatoms. The van der Waals surface area contributed by atoms with E-state index in [0.29, 0.717) is 26.2 Å². The van der Waals surface area contributed by atoms with Crippen molar-refractivity contribution in [1.82, 2.24) is 9.21 Å². The van der Waals surface area contributed by atoms with Crippen LogP contribution in [-0.2, 0) is 27.8 Å². The summed E-state index contributed by atoms with van der Waals surface area (Å²) in [7, 11) is -4.22. The normalized spacial score (nSPS) is 19.0. The number of nitrogens with zero attached hydrogens (tertiary/aromatic N) is 3. The van der Waals surface area contributed by atoms with Crippen LogP contribution in [0.4, 0.5) is 10.1 Å². The Balaban J connectivity index is 1.42. The quantitative estimate of drug-likeness (QED) is 0.576. The predicted molar refractivity (Wildman–Crippen MR) is 128 cm³/mol. The third-order valence-corrected chi connectivity index (χ3v) is 8.51. The van der Waals surface area contributed by atoms with Crippen LogP contribution in [0.1, 0.15) is 11.1 Å². The van der Waals surface area contributed by atoms with Gasteiger partial charge in [0.1, 0.15) is 16.8 Å². The van der Waals surface area contributed by atoms with E-state index in [1.807, 2.05) is 54.6 Å². The SMILES string of the molecule is O=C(C1Cc2ccccc2CN1S(=O)(=O)c1ccccc1F)N1CCN(c2ccccc2)CC1. The van der Waals surface area contributed by atoms with Crippen LogP contribution >= 0.6 is 0 Å². The van der Waals surface area contributed by atoms with Crippen LogP contribution in [0, 0.1) is 5.82 Å². The van der Waals surface area contributed by atoms with Crippen LogP contribution in [0.25, 0.3) is 0 Å². The summed E-state index contributed by atoms with van der Waals surface area (Å²) in [6, 6.07) is 22.0. The van der Waals surface area contributed by atoms with Crippen LogP contribution in [0.15, 0.2) is 83.8 Å². The maximum Gasteiger partial charge on any atom is 0.247 e. The van der Waals surface area contributed by atoms with E-state index in [9.17, 15) is 17.6 Å². The number of anilines is 1. The van der Waals surface area contributed by atoms with Crippen molar-refractivity contribution in [3.8, 4) is 0 Å². The van der Waals surface area contributed by atoms with Crippen molar-refractivity contribution in [3.05, 3.63) is 95.8 Å². The molecule has 1 amide bonds. The minimum absolute atomic E-state index is 0.0349. The lowest BCUT2D eigenvalue weighted by molar-refractivity contribution is -0.136. The predicted octanol–water partition coefficient (Wildman–Crippen LogP) is 3.29. The van der Waals surface area contributed by atoms with Gasteiger partial charge < -0.3 is 9.80 Å². The summed E-state index contributed by atoms with van der Waals surface area (Å²) in [5, 5.41) is 0. The molecule has 0 aliphatic carbocycles. The number of sulfonamides is 1. The van der Waals surface area contributed by atoms with Gasteiger partial charge in [-0.25, -0.2) is 12.8 Å². The summed E-state index contributed by atoms with van der Waals surface area (Å²) in [6.45, 7) is 2.37. The zero-order valence-corrected chi connectivity index (χ0v) is 19.5. The Hall–Kier alpha value is -3.23. The standard InChI is InChI=1S/C26H26FN3O3S/c27-23-12-6-7-13-25(23)34(32,33)30-19-21-9-5-4-8-20(21)18-24(30)26(31)29-16-14-28(15-17-29)22-10-2-1-3-11-22/h1-13,24H,14-19H2. The minimum atomic E-state index is -4.22. The van der Waals surface area contributed by atoms with E-state index in [0.717, 1.165) is 22.9 Å². The van der Waals surface area contributed by atoms with Crippen molar-refractivity contribution in [2.24, 2.45) is 0 Å². The second-order valence-corrected chi connectivity index (χ2v) is 10.5. The molecule has 176 valence electrons. The molecule has 2 aliphatic rings. The zero-order valence-electron chi connectivity index (χ0n) is 18.7. The lowest BCUT2D eigenvalue weighted by Crippen LogP contribution is -2.57. The fourth-order valence-electron chi connectivity index (χ4n) is 4.78. The summed E-state index contributed by atoms with van der Waals surface area (Å²) >= 11 is 0. The molecule has 0 aromatic heterocycles. The van der Waals surface area contributed by atoms with Crippen LogP contribution < -0.4 is 4.90 Å². The molecular weight excluding hydrogens is 453 g/mol. The Morgan fingerprint density at radius 1 is 0.794 bits per heavy atom. The summed E-state index contributed by atoms with van der Waals surface area (Å²) in [5.41, 5.74) is 2.88. The fourth-order valence-corrected chi connectivity index (χ4v) is 6.40. The van der Waals surface area contributed by atoms with Gasteiger partial charge in [0, 0.05) is 38.4 Å². The van der Waals surface area contributed by atoms with Gasteiger partial charge in [0.25, 0.3) is 0 Å². The summed E-state index contributed by atoms with van der Waals surface area (Å²) in [5.74, 6) is -1.05. The van der Waals surface area contributed by atoms with E-state index in [1.54, 1.807) is 4.90 Å². The summed E-state index contributed by atoms with van der Waals surface area (Å²) in [4.78, 5) is 17.2. The minimum Gasteiger partial charge on any atom is -0.368 e. The fraction of sp³-hybridized carbons (Fsp3) is 0.269. The number of carbonyl (C=O) groups is 1. The molecule has 6 nitrogen and oxygen atoms in total. The van der Waals surface area contributed by atoms with Crippen molar-refractivity contribution < 1.29 is 17.6 Å². The number of hydrogen-bond acceptors (Lipinski definition) is 4. The van der Waals surface area contributed by atoms with Gasteiger partial charge in [-0.15, -0.1) is 0 Å². The Morgan fingerprint density at radius 3 is 2.12 bits per heavy atom. The van der Waals surface area contributed by atoms with Gasteiger partial charge in [-0.1, -0.05) is 54.6 Å². The molecule has 3 aromatic rings. The molecule has 0 N–H and O–H groups in total. The number of hydrogen-bond donors (Lipinski definition) is 0. The molecule has 0 radical (unpaired) electrons. The van der Waals surface area contributed by atoms with Crippen LogP contribution in [0.3, 0.4) is 0 Å². The van der Waals surface area contributed by atoms with E-state index in [-0.39, 0.29) is 18.9 Å². The molecule has 1 atom stereocenters. The first-order chi connectivity index (χ1) is 16.4. The lowest BCUT2D eigenvalue weighted by atomic mass is 9.95. The number of para-hydroxylation sites is 1. The molecule has 5 rings (SSSR count). The van der Waals surface area contributed by atoms with E-state index < -0.39 is 26.8 Å². The summed E-state index contributed by atoms with van der Waals surface area (Å²) in [6.07, 6.45) is 0.265. The van der Waals surface area contributed by atoms with Gasteiger partial charge in [0.05, 0.1) is 0 Å². The van der Waals surface area contributed by atoms with E-state index >= 15 is 0 Å². The monoisotopic (exact) mass is 479 g/mol. The number of rotatable bonds is 4. The van der Waals surface area contributed by atoms with Crippen molar-refractivity contribution in [2.45, 2.75) is 23.9 Å². The van der Waals surface area contributed by atoms with Gasteiger partial charge in [0.2, 0.25) is 15.9 Å². The highest BCUT2D eigenvalue weighted by Crippen LogP contribution is 2.31. The highest BCUT2D eigenvalue weighted by atomic mass is 32.2. The lowest BCUT2D eigenvalue weighted by Gasteiger charge is -2.41. The Kier molecular flexibility index (Phi) is 6.10. The van der Waals surface area contributed by atoms with E-state index in [2.05, 4.69) is 4.90 Å². The number of halogens is 1. The number of amides is 1. The van der Waals surface area contributed by atoms with Crippen LogP contribution in [-0.4, -0.2) is 55.8 Å². The van der Waals surface area contributed by atoms with Crippen LogP contribution in [0.2, 0.25) is 0 Å². The maximum absolute atomic E-state index is 14.5. The van der Waals surface area contributed by atoms with Crippen molar-refractivity contribution in [3.63, 3.8) is 0 Å². The van der Waals surface area contributed by atoms with Gasteiger partial charge in [0.15, 0.2) is 0 Å². The number of carbonyl (C=O) groups excluding carboxylic acids is 1. The van der Waals surface area contributed by atoms with Gasteiger partial charge in [-0.05, 0) is 41.8 Å². The van der Waals surface area contributed by atoms with Crippen molar-refractivity contribution in [1.29, 1.82) is 0 Å². The van der Waals surface area contributed by atoms with Crippen LogP contribution in [0.5, 0.6) is 0 Å². The highest BCUT2D eigenvalue weighted by Gasteiger charge is 2.42. The average Bonchev–Trinajstić information content (AvgIpc) is 2.88. The highest BCUT2D eigenvalue weighted by molar-refractivity contribution is 7.89. The second-order valence-electron chi connectivity index (χ2n) is 8.62. The number of benzene rings is 3. The molecule has 2 heterocycles. The molecular formula is C26H26FN3O3S. The summed E-state index contributed by atoms with van der Waals surface area (Å²) < 4.78 is 42.8. The first-order valence-electron chi connectivity index (χ1n) is 11.4. The van der Waals surface area contributed by atoms with Gasteiger partial charge in [-0.3, -0.25) is 4.79 Å². The van der Waals surface area contributed by atoms with E-state index in [1.165, 1.54) is 22.5 Å². The maximum atomic E-state index is 14.5. The number of piperazine rings is 1. The molecule has 34 heavy (non-hydrogen) atoms. The molecule has 3 aromatic carbocycles. The Morgan fingerprint density at radius 2 is 1.41 bits per heavy atom. The molecule has 1 unspecified atom stereocenters. The third-order valence-electron chi connectivity index (χ3n) is 6.63. The zero-order chi connectivity index (χ0) is 23.7. The molecule has 0 spiro atoms. The Bertz CT molecular complexity index is 1290. The molecule has 1 fully saturated rings. The average molecular weight is 480 g/mol. The molecule has 1 saturated heterocycles. The third kappa shape index (κ3) is 4.19. The van der Waals surface area contributed by atoms with Gasteiger partial charge in [-0.2, -0.15) is 4.31 Å². The first kappa shape index (κ1) is 22.6.